The molecular weight excluding hydrogens is 667 g/mol. The normalized spacial score (nSPS) is 15.1. The summed E-state index contributed by atoms with van der Waals surface area (Å²) in [7, 11) is 0. The molecule has 3 aromatic heterocycles. The fourth-order valence-corrected chi connectivity index (χ4v) is 6.00. The number of nitrogens with one attached hydrogen (secondary N) is 2. The third-order valence-corrected chi connectivity index (χ3v) is 8.92. The monoisotopic (exact) mass is 699 g/mol. The van der Waals surface area contributed by atoms with Gasteiger partial charge in [-0.25, -0.2) is 19.9 Å². The molecule has 13 nitrogen and oxygen atoms in total. The minimum absolute atomic E-state index is 0.00774. The number of pyridine rings is 1. The lowest BCUT2D eigenvalue weighted by Crippen LogP contribution is -2.50. The molecule has 0 radical (unpaired) electrons. The Labute approximate surface area is 283 Å². The van der Waals surface area contributed by atoms with Crippen molar-refractivity contribution in [3.63, 3.8) is 0 Å². The summed E-state index contributed by atoms with van der Waals surface area (Å²) < 4.78 is 41.1. The van der Waals surface area contributed by atoms with E-state index in [4.69, 9.17) is 11.6 Å². The molecule has 258 valence electrons. The van der Waals surface area contributed by atoms with Crippen LogP contribution in [0.3, 0.4) is 0 Å². The Hall–Kier alpha value is -4.99. The lowest BCUT2D eigenvalue weighted by Gasteiger charge is -2.37. The van der Waals surface area contributed by atoms with Gasteiger partial charge in [-0.15, -0.1) is 0 Å². The molecule has 17 heteroatoms. The quantitative estimate of drug-likeness (QED) is 0.231. The van der Waals surface area contributed by atoms with E-state index in [1.165, 1.54) is 17.4 Å². The summed E-state index contributed by atoms with van der Waals surface area (Å²) in [5, 5.41) is 15.9. The van der Waals surface area contributed by atoms with E-state index in [2.05, 4.69) is 30.6 Å². The first-order chi connectivity index (χ1) is 23.3. The number of piperazine rings is 1. The van der Waals surface area contributed by atoms with Crippen LogP contribution < -0.4 is 21.0 Å². The van der Waals surface area contributed by atoms with E-state index in [1.54, 1.807) is 11.5 Å². The molecule has 6 rings (SSSR count). The van der Waals surface area contributed by atoms with Crippen LogP contribution in [0.4, 0.5) is 30.4 Å². The molecule has 4 aromatic rings. The molecule has 1 saturated heterocycles. The van der Waals surface area contributed by atoms with Crippen LogP contribution in [0.2, 0.25) is 5.02 Å². The molecule has 2 aliphatic rings. The van der Waals surface area contributed by atoms with E-state index >= 15 is 0 Å². The first-order valence-electron chi connectivity index (χ1n) is 15.7. The Morgan fingerprint density at radius 3 is 2.49 bits per heavy atom. The average Bonchev–Trinajstić information content (AvgIpc) is 3.91. The standard InChI is InChI=1S/C32H33ClF3N9O4/c1-3-22-27(43-8-10-44(11-9-43)31(49)26-28(47)17(2)39-16-40-26)29(48)25-30(38-14-23(42-25)37-13-18-4-5-18)45(22)15-24(46)41-21-7-6-19(12-20(21)33)32(34,35)36/h6-7,12,14,16,18,47H,3-5,8-11,13,15H2,1-2H3,(H,37,42)(H,41,46). The van der Waals surface area contributed by atoms with Gasteiger partial charge in [-0.3, -0.25) is 14.4 Å². The molecular formula is C32H33ClF3N9O4. The molecule has 1 aromatic carbocycles. The molecule has 2 amide bonds. The van der Waals surface area contributed by atoms with Crippen LogP contribution in [-0.2, 0) is 23.9 Å². The molecule has 1 aliphatic carbocycles. The Morgan fingerprint density at radius 2 is 1.84 bits per heavy atom. The fraction of sp³-hybridized carbons (Fsp3) is 0.406. The number of carbonyl (C=O) groups excluding carboxylic acids is 2. The zero-order valence-electron chi connectivity index (χ0n) is 26.6. The SMILES string of the molecule is CCc1c(N2CCN(C(=O)c3ncnc(C)c3O)CC2)c(=O)c2nc(NCC3CC3)cnc2n1CC(=O)Nc1ccc(C(F)(F)F)cc1Cl. The minimum atomic E-state index is -4.60. The number of alkyl halides is 3. The topological polar surface area (TPSA) is 158 Å². The van der Waals surface area contributed by atoms with Crippen molar-refractivity contribution in [2.24, 2.45) is 5.92 Å². The van der Waals surface area contributed by atoms with E-state index in [0.29, 0.717) is 36.1 Å². The molecule has 0 bridgehead atoms. The van der Waals surface area contributed by atoms with Crippen LogP contribution in [0.25, 0.3) is 11.2 Å². The van der Waals surface area contributed by atoms with Crippen molar-refractivity contribution in [2.75, 3.05) is 48.3 Å². The van der Waals surface area contributed by atoms with Crippen molar-refractivity contribution in [3.8, 4) is 5.75 Å². The predicted molar refractivity (Wildman–Crippen MR) is 176 cm³/mol. The van der Waals surface area contributed by atoms with Gasteiger partial charge in [0.05, 0.1) is 28.2 Å². The van der Waals surface area contributed by atoms with Gasteiger partial charge < -0.3 is 30.1 Å². The Balaban J connectivity index is 1.33. The van der Waals surface area contributed by atoms with Crippen LogP contribution in [0, 0.1) is 12.8 Å². The van der Waals surface area contributed by atoms with Crippen LogP contribution in [0.15, 0.2) is 35.5 Å². The zero-order valence-corrected chi connectivity index (χ0v) is 27.4. The summed E-state index contributed by atoms with van der Waals surface area (Å²) >= 11 is 6.10. The fourth-order valence-electron chi connectivity index (χ4n) is 5.77. The number of fused-ring (bicyclic) bond motifs is 1. The highest BCUT2D eigenvalue weighted by atomic mass is 35.5. The van der Waals surface area contributed by atoms with Crippen LogP contribution in [0.1, 0.15) is 47.2 Å². The second kappa shape index (κ2) is 13.5. The molecule has 0 spiro atoms. The first kappa shape index (κ1) is 33.9. The van der Waals surface area contributed by atoms with Gasteiger partial charge in [-0.05, 0) is 50.3 Å². The summed E-state index contributed by atoms with van der Waals surface area (Å²) in [4.78, 5) is 61.2. The number of benzene rings is 1. The molecule has 1 saturated carbocycles. The minimum Gasteiger partial charge on any atom is -0.504 e. The maximum Gasteiger partial charge on any atom is 0.416 e. The number of aromatic nitrogens is 5. The van der Waals surface area contributed by atoms with Gasteiger partial charge >= 0.3 is 6.18 Å². The van der Waals surface area contributed by atoms with Gasteiger partial charge in [0.2, 0.25) is 11.3 Å². The number of rotatable bonds is 9. The van der Waals surface area contributed by atoms with Crippen molar-refractivity contribution in [3.05, 3.63) is 68.6 Å². The third kappa shape index (κ3) is 7.09. The van der Waals surface area contributed by atoms with Crippen molar-refractivity contribution in [1.29, 1.82) is 0 Å². The number of aryl methyl sites for hydroxylation is 1. The highest BCUT2D eigenvalue weighted by Crippen LogP contribution is 2.34. The van der Waals surface area contributed by atoms with Crippen molar-refractivity contribution < 1.29 is 27.9 Å². The molecule has 4 heterocycles. The number of nitrogens with zero attached hydrogens (tertiary/aromatic N) is 7. The summed E-state index contributed by atoms with van der Waals surface area (Å²) in [6.45, 7) is 4.66. The van der Waals surface area contributed by atoms with Crippen LogP contribution in [-0.4, -0.2) is 79.0 Å². The maximum atomic E-state index is 14.2. The van der Waals surface area contributed by atoms with Gasteiger partial charge in [-0.1, -0.05) is 18.5 Å². The molecule has 0 unspecified atom stereocenters. The Bertz CT molecular complexity index is 1990. The number of carbonyl (C=O) groups is 2. The summed E-state index contributed by atoms with van der Waals surface area (Å²) in [6, 6.07) is 2.64. The lowest BCUT2D eigenvalue weighted by atomic mass is 10.1. The Kier molecular flexibility index (Phi) is 9.33. The van der Waals surface area contributed by atoms with Crippen molar-refractivity contribution in [2.45, 2.75) is 45.8 Å². The Morgan fingerprint density at radius 1 is 1.10 bits per heavy atom. The number of anilines is 3. The van der Waals surface area contributed by atoms with E-state index in [9.17, 15) is 32.7 Å². The number of amides is 2. The molecule has 2 fully saturated rings. The summed E-state index contributed by atoms with van der Waals surface area (Å²) in [5.74, 6) is -0.429. The number of hydrogen-bond donors (Lipinski definition) is 3. The largest absolute Gasteiger partial charge is 0.504 e. The van der Waals surface area contributed by atoms with Gasteiger partial charge in [-0.2, -0.15) is 13.2 Å². The second-order valence-corrected chi connectivity index (χ2v) is 12.4. The number of aromatic hydroxyl groups is 1. The highest BCUT2D eigenvalue weighted by Gasteiger charge is 2.32. The molecule has 0 atom stereocenters. The molecule has 49 heavy (non-hydrogen) atoms. The first-order valence-corrected chi connectivity index (χ1v) is 16.1. The smallest absolute Gasteiger partial charge is 0.416 e. The van der Waals surface area contributed by atoms with Crippen molar-refractivity contribution >= 4 is 51.8 Å². The molecule has 3 N–H and O–H groups in total. The van der Waals surface area contributed by atoms with Crippen LogP contribution >= 0.6 is 11.6 Å². The van der Waals surface area contributed by atoms with E-state index < -0.39 is 23.6 Å². The summed E-state index contributed by atoms with van der Waals surface area (Å²) in [5.41, 5.74) is -0.186. The number of hydrogen-bond acceptors (Lipinski definition) is 10. The van der Waals surface area contributed by atoms with Crippen LogP contribution in [0.5, 0.6) is 5.75 Å². The predicted octanol–water partition coefficient (Wildman–Crippen LogP) is 4.25. The summed E-state index contributed by atoms with van der Waals surface area (Å²) in [6.07, 6.45) is 0.625. The molecule has 1 aliphatic heterocycles. The van der Waals surface area contributed by atoms with E-state index in [1.807, 2.05) is 11.8 Å². The number of halogens is 4. The average molecular weight is 700 g/mol. The zero-order chi connectivity index (χ0) is 35.0. The van der Waals surface area contributed by atoms with E-state index in [-0.39, 0.29) is 77.2 Å². The van der Waals surface area contributed by atoms with E-state index in [0.717, 1.165) is 31.0 Å². The lowest BCUT2D eigenvalue weighted by molar-refractivity contribution is -0.137. The van der Waals surface area contributed by atoms with Crippen molar-refractivity contribution in [1.82, 2.24) is 29.4 Å². The van der Waals surface area contributed by atoms with Gasteiger partial charge in [0.1, 0.15) is 24.4 Å². The maximum absolute atomic E-state index is 14.2. The van der Waals surface area contributed by atoms with Gasteiger partial charge in [0.15, 0.2) is 22.6 Å². The second-order valence-electron chi connectivity index (χ2n) is 12.0. The third-order valence-electron chi connectivity index (χ3n) is 8.60. The highest BCUT2D eigenvalue weighted by molar-refractivity contribution is 6.33. The van der Waals surface area contributed by atoms with Gasteiger partial charge in [0, 0.05) is 38.4 Å². The van der Waals surface area contributed by atoms with Gasteiger partial charge in [0.25, 0.3) is 5.91 Å².